The van der Waals surface area contributed by atoms with Crippen molar-refractivity contribution in [2.24, 2.45) is 0 Å². The lowest BCUT2D eigenvalue weighted by Crippen LogP contribution is -2.23. The average molecular weight is 312 g/mol. The minimum Gasteiger partial charge on any atom is -0.370 e. The van der Waals surface area contributed by atoms with E-state index in [2.05, 4.69) is 20.0 Å². The first kappa shape index (κ1) is 14.9. The summed E-state index contributed by atoms with van der Waals surface area (Å²) in [5, 5.41) is 5.76. The average Bonchev–Trinajstić information content (AvgIpc) is 2.84. The lowest BCUT2D eigenvalue weighted by molar-refractivity contribution is 0.580. The maximum absolute atomic E-state index is 12.1. The molecule has 0 radical (unpaired) electrons. The quantitative estimate of drug-likeness (QED) is 0.849. The predicted octanol–water partition coefficient (Wildman–Crippen LogP) is 1.76. The molecule has 0 amide bonds. The van der Waals surface area contributed by atoms with E-state index in [1.165, 1.54) is 23.6 Å². The standard InChI is InChI=1S/C12H16N4O2S2/c1-3-13-12-5-4-11(7-14-12)20(17,18)15-6-10-8-19-9(2)16-10/h4-5,7-8,15H,3,6H2,1-2H3,(H,13,14). The van der Waals surface area contributed by atoms with E-state index >= 15 is 0 Å². The number of sulfonamides is 1. The van der Waals surface area contributed by atoms with E-state index in [4.69, 9.17) is 0 Å². The van der Waals surface area contributed by atoms with Crippen LogP contribution in [0, 0.1) is 6.92 Å². The summed E-state index contributed by atoms with van der Waals surface area (Å²) in [5.74, 6) is 0.654. The molecule has 0 fully saturated rings. The second-order valence-electron chi connectivity index (χ2n) is 4.09. The fourth-order valence-corrected chi connectivity index (χ4v) is 3.12. The fourth-order valence-electron chi connectivity index (χ4n) is 1.57. The van der Waals surface area contributed by atoms with Crippen LogP contribution >= 0.6 is 11.3 Å². The smallest absolute Gasteiger partial charge is 0.242 e. The maximum Gasteiger partial charge on any atom is 0.242 e. The number of hydrogen-bond acceptors (Lipinski definition) is 6. The summed E-state index contributed by atoms with van der Waals surface area (Å²) >= 11 is 1.49. The number of nitrogens with zero attached hydrogens (tertiary/aromatic N) is 2. The number of aromatic nitrogens is 2. The third-order valence-electron chi connectivity index (χ3n) is 2.51. The van der Waals surface area contributed by atoms with Gasteiger partial charge in [0.15, 0.2) is 0 Å². The summed E-state index contributed by atoms with van der Waals surface area (Å²) in [6.07, 6.45) is 1.34. The van der Waals surface area contributed by atoms with E-state index in [0.29, 0.717) is 11.5 Å². The van der Waals surface area contributed by atoms with Crippen LogP contribution in [0.15, 0.2) is 28.6 Å². The lowest BCUT2D eigenvalue weighted by atomic mass is 10.4. The molecular weight excluding hydrogens is 296 g/mol. The number of pyridine rings is 1. The number of thiazole rings is 1. The molecule has 0 aromatic carbocycles. The monoisotopic (exact) mass is 312 g/mol. The number of aryl methyl sites for hydroxylation is 1. The molecule has 0 saturated carbocycles. The molecule has 0 aliphatic carbocycles. The van der Waals surface area contributed by atoms with Crippen LogP contribution in [0.4, 0.5) is 5.82 Å². The number of hydrogen-bond donors (Lipinski definition) is 2. The van der Waals surface area contributed by atoms with Gasteiger partial charge in [0.05, 0.1) is 17.2 Å². The Bertz CT molecular complexity index is 665. The Kier molecular flexibility index (Phi) is 4.69. The molecular formula is C12H16N4O2S2. The maximum atomic E-state index is 12.1. The molecule has 0 unspecified atom stereocenters. The van der Waals surface area contributed by atoms with Crippen LogP contribution in [0.2, 0.25) is 0 Å². The normalized spacial score (nSPS) is 11.5. The zero-order chi connectivity index (χ0) is 14.6. The van der Waals surface area contributed by atoms with Crippen LogP contribution in [-0.2, 0) is 16.6 Å². The third-order valence-corrected chi connectivity index (χ3v) is 4.72. The van der Waals surface area contributed by atoms with Gasteiger partial charge in [-0.1, -0.05) is 0 Å². The summed E-state index contributed by atoms with van der Waals surface area (Å²) < 4.78 is 26.7. The van der Waals surface area contributed by atoms with Crippen molar-refractivity contribution in [2.45, 2.75) is 25.3 Å². The van der Waals surface area contributed by atoms with E-state index in [0.717, 1.165) is 11.6 Å². The van der Waals surface area contributed by atoms with Gasteiger partial charge < -0.3 is 5.32 Å². The minimum absolute atomic E-state index is 0.145. The molecule has 0 aliphatic heterocycles. The van der Waals surface area contributed by atoms with Gasteiger partial charge in [0, 0.05) is 18.1 Å². The van der Waals surface area contributed by atoms with Crippen LogP contribution in [0.5, 0.6) is 0 Å². The van der Waals surface area contributed by atoms with Crippen molar-refractivity contribution in [2.75, 3.05) is 11.9 Å². The van der Waals surface area contributed by atoms with Crippen molar-refractivity contribution in [3.8, 4) is 0 Å². The molecule has 0 bridgehead atoms. The van der Waals surface area contributed by atoms with Gasteiger partial charge in [-0.05, 0) is 26.0 Å². The molecule has 2 aromatic rings. The Hall–Kier alpha value is -1.51. The van der Waals surface area contributed by atoms with Gasteiger partial charge in [-0.2, -0.15) is 0 Å². The first-order valence-electron chi connectivity index (χ1n) is 6.12. The van der Waals surface area contributed by atoms with Gasteiger partial charge in [-0.3, -0.25) is 0 Å². The Morgan fingerprint density at radius 3 is 2.70 bits per heavy atom. The van der Waals surface area contributed by atoms with Crippen molar-refractivity contribution in [3.05, 3.63) is 34.4 Å². The van der Waals surface area contributed by atoms with Crippen LogP contribution in [-0.4, -0.2) is 24.9 Å². The minimum atomic E-state index is -3.56. The second-order valence-corrected chi connectivity index (χ2v) is 6.92. The molecule has 2 rings (SSSR count). The molecule has 108 valence electrons. The third kappa shape index (κ3) is 3.75. The van der Waals surface area contributed by atoms with Crippen molar-refractivity contribution in [1.82, 2.24) is 14.7 Å². The Morgan fingerprint density at radius 2 is 2.15 bits per heavy atom. The van der Waals surface area contributed by atoms with E-state index in [1.807, 2.05) is 19.2 Å². The second kappa shape index (κ2) is 6.29. The summed E-state index contributed by atoms with van der Waals surface area (Å²) in [6, 6.07) is 3.17. The van der Waals surface area contributed by atoms with Crippen LogP contribution in [0.1, 0.15) is 17.6 Å². The lowest BCUT2D eigenvalue weighted by Gasteiger charge is -2.06. The molecule has 20 heavy (non-hydrogen) atoms. The first-order chi connectivity index (χ1) is 9.51. The molecule has 2 aromatic heterocycles. The largest absolute Gasteiger partial charge is 0.370 e. The van der Waals surface area contributed by atoms with Crippen molar-refractivity contribution >= 4 is 27.2 Å². The van der Waals surface area contributed by atoms with Gasteiger partial charge in [0.2, 0.25) is 10.0 Å². The molecule has 0 atom stereocenters. The molecule has 0 saturated heterocycles. The van der Waals surface area contributed by atoms with E-state index in [-0.39, 0.29) is 11.4 Å². The topological polar surface area (TPSA) is 84.0 Å². The SMILES string of the molecule is CCNc1ccc(S(=O)(=O)NCc2csc(C)n2)cn1. The van der Waals surface area contributed by atoms with Gasteiger partial charge in [0.1, 0.15) is 10.7 Å². The van der Waals surface area contributed by atoms with Crippen molar-refractivity contribution in [1.29, 1.82) is 0 Å². The van der Waals surface area contributed by atoms with Gasteiger partial charge in [0.25, 0.3) is 0 Å². The highest BCUT2D eigenvalue weighted by Gasteiger charge is 2.14. The van der Waals surface area contributed by atoms with Gasteiger partial charge in [-0.25, -0.2) is 23.1 Å². The Labute approximate surface area is 122 Å². The Morgan fingerprint density at radius 1 is 1.35 bits per heavy atom. The van der Waals surface area contributed by atoms with E-state index in [9.17, 15) is 8.42 Å². The highest BCUT2D eigenvalue weighted by Crippen LogP contribution is 2.12. The van der Waals surface area contributed by atoms with E-state index in [1.54, 1.807) is 6.07 Å². The van der Waals surface area contributed by atoms with Crippen LogP contribution in [0.25, 0.3) is 0 Å². The summed E-state index contributed by atoms with van der Waals surface area (Å²) in [7, 11) is -3.56. The number of nitrogens with one attached hydrogen (secondary N) is 2. The summed E-state index contributed by atoms with van der Waals surface area (Å²) in [4.78, 5) is 8.41. The zero-order valence-corrected chi connectivity index (χ0v) is 12.9. The molecule has 0 spiro atoms. The predicted molar refractivity (Wildman–Crippen MR) is 79.3 cm³/mol. The van der Waals surface area contributed by atoms with Gasteiger partial charge >= 0.3 is 0 Å². The Balaban J connectivity index is 2.05. The first-order valence-corrected chi connectivity index (χ1v) is 8.48. The molecule has 2 N–H and O–H groups in total. The summed E-state index contributed by atoms with van der Waals surface area (Å²) in [6.45, 7) is 4.75. The zero-order valence-electron chi connectivity index (χ0n) is 11.3. The van der Waals surface area contributed by atoms with Crippen LogP contribution < -0.4 is 10.0 Å². The molecule has 0 aliphatic rings. The van der Waals surface area contributed by atoms with Crippen molar-refractivity contribution in [3.63, 3.8) is 0 Å². The molecule has 2 heterocycles. The van der Waals surface area contributed by atoms with Crippen LogP contribution in [0.3, 0.4) is 0 Å². The van der Waals surface area contributed by atoms with E-state index < -0.39 is 10.0 Å². The highest BCUT2D eigenvalue weighted by atomic mass is 32.2. The fraction of sp³-hybridized carbons (Fsp3) is 0.333. The molecule has 6 nitrogen and oxygen atoms in total. The summed E-state index contributed by atoms with van der Waals surface area (Å²) in [5.41, 5.74) is 0.716. The van der Waals surface area contributed by atoms with Gasteiger partial charge in [-0.15, -0.1) is 11.3 Å². The highest BCUT2D eigenvalue weighted by molar-refractivity contribution is 7.89. The molecule has 8 heteroatoms. The number of rotatable bonds is 6. The van der Waals surface area contributed by atoms with Crippen molar-refractivity contribution < 1.29 is 8.42 Å². The number of anilines is 1.